The quantitative estimate of drug-likeness (QED) is 0.463. The molecule has 0 spiro atoms. The zero-order valence-electron chi connectivity index (χ0n) is 17.4. The Hall–Kier alpha value is -3.55. The van der Waals surface area contributed by atoms with E-state index < -0.39 is 11.5 Å². The summed E-state index contributed by atoms with van der Waals surface area (Å²) in [5.41, 5.74) is 2.30. The van der Waals surface area contributed by atoms with Gasteiger partial charge >= 0.3 is 0 Å². The fraction of sp³-hybridized carbons (Fsp3) is 0.200. The Morgan fingerprint density at radius 1 is 1.00 bits per heavy atom. The molecule has 1 fully saturated rings. The van der Waals surface area contributed by atoms with Gasteiger partial charge in [0.25, 0.3) is 5.91 Å². The number of hydrogen-bond donors (Lipinski definition) is 2. The number of ether oxygens (including phenoxy) is 1. The van der Waals surface area contributed by atoms with Crippen LogP contribution in [0.3, 0.4) is 0 Å². The summed E-state index contributed by atoms with van der Waals surface area (Å²) >= 11 is 0. The van der Waals surface area contributed by atoms with Gasteiger partial charge in [-0.15, -0.1) is 0 Å². The molecule has 6 nitrogen and oxygen atoms in total. The van der Waals surface area contributed by atoms with Gasteiger partial charge in [0.2, 0.25) is 0 Å². The Kier molecular flexibility index (Phi) is 6.58. The third-order valence-corrected chi connectivity index (χ3v) is 5.41. The van der Waals surface area contributed by atoms with Crippen molar-refractivity contribution in [2.24, 2.45) is 5.10 Å². The molecule has 1 aliphatic heterocycles. The van der Waals surface area contributed by atoms with Gasteiger partial charge in [0.15, 0.2) is 5.60 Å². The van der Waals surface area contributed by atoms with E-state index in [0.29, 0.717) is 48.7 Å². The lowest BCUT2D eigenvalue weighted by atomic mass is 9.85. The van der Waals surface area contributed by atoms with Crippen molar-refractivity contribution in [3.05, 3.63) is 101 Å². The van der Waals surface area contributed by atoms with Crippen molar-refractivity contribution in [1.82, 2.24) is 5.43 Å². The molecular formula is C25H24FN3O3. The highest BCUT2D eigenvalue weighted by atomic mass is 19.1. The average Bonchev–Trinajstić information content (AvgIpc) is 2.85. The number of nitrogens with zero attached hydrogens (tertiary/aromatic N) is 2. The van der Waals surface area contributed by atoms with Crippen molar-refractivity contribution in [3.8, 4) is 0 Å². The predicted molar refractivity (Wildman–Crippen MR) is 121 cm³/mol. The van der Waals surface area contributed by atoms with Crippen molar-refractivity contribution in [2.45, 2.75) is 5.60 Å². The molecule has 1 heterocycles. The monoisotopic (exact) mass is 433 g/mol. The molecule has 0 atom stereocenters. The number of amides is 1. The zero-order valence-corrected chi connectivity index (χ0v) is 17.4. The van der Waals surface area contributed by atoms with E-state index in [4.69, 9.17) is 4.74 Å². The molecule has 1 saturated heterocycles. The number of nitrogens with one attached hydrogen (secondary N) is 1. The Bertz CT molecular complexity index is 1040. The minimum absolute atomic E-state index is 0.368. The van der Waals surface area contributed by atoms with Crippen LogP contribution in [0.1, 0.15) is 16.7 Å². The number of morpholine rings is 1. The van der Waals surface area contributed by atoms with Crippen molar-refractivity contribution in [2.75, 3.05) is 31.2 Å². The van der Waals surface area contributed by atoms with Crippen LogP contribution in [0.15, 0.2) is 84.0 Å². The Morgan fingerprint density at radius 2 is 1.59 bits per heavy atom. The molecule has 3 aromatic rings. The number of benzene rings is 3. The van der Waals surface area contributed by atoms with Gasteiger partial charge in [-0.1, -0.05) is 66.7 Å². The maximum Gasteiger partial charge on any atom is 0.281 e. The van der Waals surface area contributed by atoms with Crippen LogP contribution in [0, 0.1) is 5.82 Å². The maximum atomic E-state index is 14.6. The average molecular weight is 433 g/mol. The molecule has 164 valence electrons. The van der Waals surface area contributed by atoms with Crippen LogP contribution in [0.2, 0.25) is 0 Å². The van der Waals surface area contributed by atoms with Gasteiger partial charge in [-0.05, 0) is 28.8 Å². The van der Waals surface area contributed by atoms with Crippen molar-refractivity contribution < 1.29 is 19.0 Å². The zero-order chi connectivity index (χ0) is 22.4. The molecule has 1 amide bonds. The standard InChI is InChI=1S/C25H24FN3O3/c26-22-17-19(11-12-23(22)29-13-15-32-16-14-29)18-27-28-24(30)25(31,20-7-3-1-4-8-20)21-9-5-2-6-10-21/h1-12,17-18,31H,13-16H2,(H,28,30)/b27-18+. The maximum absolute atomic E-state index is 14.6. The summed E-state index contributed by atoms with van der Waals surface area (Å²) in [6, 6.07) is 22.1. The van der Waals surface area contributed by atoms with E-state index >= 15 is 0 Å². The molecule has 4 rings (SSSR count). The number of anilines is 1. The second-order valence-corrected chi connectivity index (χ2v) is 7.45. The van der Waals surface area contributed by atoms with E-state index in [1.165, 1.54) is 12.3 Å². The third-order valence-electron chi connectivity index (χ3n) is 5.41. The normalized spacial score (nSPS) is 14.5. The summed E-state index contributed by atoms with van der Waals surface area (Å²) in [4.78, 5) is 14.9. The van der Waals surface area contributed by atoms with E-state index in [2.05, 4.69) is 10.5 Å². The van der Waals surface area contributed by atoms with E-state index in [-0.39, 0.29) is 5.82 Å². The van der Waals surface area contributed by atoms with Gasteiger partial charge in [0.05, 0.1) is 25.1 Å². The van der Waals surface area contributed by atoms with E-state index in [1.807, 2.05) is 4.90 Å². The van der Waals surface area contributed by atoms with Gasteiger partial charge in [-0.25, -0.2) is 9.82 Å². The van der Waals surface area contributed by atoms with Crippen LogP contribution < -0.4 is 10.3 Å². The fourth-order valence-electron chi connectivity index (χ4n) is 3.70. The summed E-state index contributed by atoms with van der Waals surface area (Å²) in [6.07, 6.45) is 1.35. The van der Waals surface area contributed by atoms with Crippen LogP contribution in [0.25, 0.3) is 0 Å². The molecule has 3 aromatic carbocycles. The molecule has 0 unspecified atom stereocenters. The number of hydrogen-bond acceptors (Lipinski definition) is 5. The molecule has 0 aliphatic carbocycles. The minimum atomic E-state index is -1.93. The van der Waals surface area contributed by atoms with Crippen LogP contribution in [0.4, 0.5) is 10.1 Å². The Morgan fingerprint density at radius 3 is 2.16 bits per heavy atom. The molecule has 0 saturated carbocycles. The molecule has 2 N–H and O–H groups in total. The number of aliphatic hydroxyl groups is 1. The van der Waals surface area contributed by atoms with Crippen molar-refractivity contribution in [1.29, 1.82) is 0 Å². The number of carbonyl (C=O) groups is 1. The van der Waals surface area contributed by atoms with E-state index in [1.54, 1.807) is 72.8 Å². The first-order valence-electron chi connectivity index (χ1n) is 10.4. The number of rotatable bonds is 6. The lowest BCUT2D eigenvalue weighted by Crippen LogP contribution is -2.43. The Balaban J connectivity index is 1.52. The molecule has 1 aliphatic rings. The van der Waals surface area contributed by atoms with Gasteiger partial charge in [0, 0.05) is 13.1 Å². The fourth-order valence-corrected chi connectivity index (χ4v) is 3.70. The smallest absolute Gasteiger partial charge is 0.281 e. The number of hydrazone groups is 1. The minimum Gasteiger partial charge on any atom is -0.378 e. The molecule has 32 heavy (non-hydrogen) atoms. The van der Waals surface area contributed by atoms with Crippen molar-refractivity contribution in [3.63, 3.8) is 0 Å². The van der Waals surface area contributed by atoms with Crippen LogP contribution in [-0.4, -0.2) is 43.5 Å². The molecule has 0 radical (unpaired) electrons. The highest BCUT2D eigenvalue weighted by Crippen LogP contribution is 2.30. The van der Waals surface area contributed by atoms with Gasteiger partial charge in [-0.3, -0.25) is 4.79 Å². The SMILES string of the molecule is O=C(N/N=C/c1ccc(N2CCOCC2)c(F)c1)C(O)(c1ccccc1)c1ccccc1. The first-order chi connectivity index (χ1) is 15.6. The second-order valence-electron chi connectivity index (χ2n) is 7.45. The van der Waals surface area contributed by atoms with Crippen LogP contribution in [0.5, 0.6) is 0 Å². The third kappa shape index (κ3) is 4.54. The highest BCUT2D eigenvalue weighted by Gasteiger charge is 2.39. The summed E-state index contributed by atoms with van der Waals surface area (Å²) in [7, 11) is 0. The lowest BCUT2D eigenvalue weighted by Gasteiger charge is -2.29. The molecular weight excluding hydrogens is 409 g/mol. The first kappa shape index (κ1) is 21.7. The largest absolute Gasteiger partial charge is 0.378 e. The van der Waals surface area contributed by atoms with Gasteiger partial charge < -0.3 is 14.7 Å². The lowest BCUT2D eigenvalue weighted by molar-refractivity contribution is -0.136. The van der Waals surface area contributed by atoms with E-state index in [0.717, 1.165) is 0 Å². The number of halogens is 1. The second kappa shape index (κ2) is 9.72. The molecule has 7 heteroatoms. The van der Waals surface area contributed by atoms with Crippen LogP contribution >= 0.6 is 0 Å². The summed E-state index contributed by atoms with van der Waals surface area (Å²) in [6.45, 7) is 2.41. The highest BCUT2D eigenvalue weighted by molar-refractivity contribution is 5.91. The summed E-state index contributed by atoms with van der Waals surface area (Å²) in [5, 5.41) is 15.3. The van der Waals surface area contributed by atoms with Crippen molar-refractivity contribution >= 4 is 17.8 Å². The number of carbonyl (C=O) groups excluding carboxylic acids is 1. The summed E-state index contributed by atoms with van der Waals surface area (Å²) < 4.78 is 19.9. The van der Waals surface area contributed by atoms with Gasteiger partial charge in [0.1, 0.15) is 5.82 Å². The predicted octanol–water partition coefficient (Wildman–Crippen LogP) is 3.05. The topological polar surface area (TPSA) is 74.2 Å². The molecule has 0 bridgehead atoms. The van der Waals surface area contributed by atoms with E-state index in [9.17, 15) is 14.3 Å². The Labute approximate surface area is 186 Å². The van der Waals surface area contributed by atoms with Crippen LogP contribution in [-0.2, 0) is 15.1 Å². The first-order valence-corrected chi connectivity index (χ1v) is 10.4. The molecule has 0 aromatic heterocycles. The van der Waals surface area contributed by atoms with Gasteiger partial charge in [-0.2, -0.15) is 5.10 Å². The summed E-state index contributed by atoms with van der Waals surface area (Å²) in [5.74, 6) is -1.08.